The molecule has 7 heteroatoms. The molecule has 2 aromatic rings. The molecule has 0 radical (unpaired) electrons. The van der Waals surface area contributed by atoms with Gasteiger partial charge in [0.25, 0.3) is 0 Å². The molecular weight excluding hydrogens is 269 g/mol. The van der Waals surface area contributed by atoms with Crippen molar-refractivity contribution in [2.45, 2.75) is 25.1 Å². The minimum Gasteiger partial charge on any atom is -0.309 e. The van der Waals surface area contributed by atoms with Crippen molar-refractivity contribution in [1.82, 2.24) is 20.5 Å². The van der Waals surface area contributed by atoms with E-state index in [2.05, 4.69) is 20.5 Å². The summed E-state index contributed by atoms with van der Waals surface area (Å²) in [5.74, 6) is 0.649. The van der Waals surface area contributed by atoms with Gasteiger partial charge in [0, 0.05) is 19.0 Å². The highest BCUT2D eigenvalue weighted by atomic mass is 19.4. The van der Waals surface area contributed by atoms with Crippen LogP contribution in [0.4, 0.5) is 13.2 Å². The molecule has 108 valence electrons. The Morgan fingerprint density at radius 1 is 1.20 bits per heavy atom. The van der Waals surface area contributed by atoms with Crippen molar-refractivity contribution in [3.8, 4) is 0 Å². The molecule has 0 saturated heterocycles. The van der Waals surface area contributed by atoms with Crippen LogP contribution in [0.1, 0.15) is 23.9 Å². The maximum absolute atomic E-state index is 12.6. The third kappa shape index (κ3) is 4.65. The largest absolute Gasteiger partial charge is 0.390 e. The average Bonchev–Trinajstić information content (AvgIpc) is 2.90. The molecule has 1 atom stereocenters. The van der Waals surface area contributed by atoms with E-state index in [-0.39, 0.29) is 0 Å². The molecule has 2 rings (SSSR count). The Morgan fingerprint density at radius 2 is 1.95 bits per heavy atom. The Bertz CT molecular complexity index is 496. The number of hydrogen-bond acceptors (Lipinski definition) is 3. The van der Waals surface area contributed by atoms with Crippen molar-refractivity contribution in [2.75, 3.05) is 6.54 Å². The first-order valence-electron chi connectivity index (χ1n) is 6.24. The lowest BCUT2D eigenvalue weighted by Crippen LogP contribution is -2.28. The van der Waals surface area contributed by atoms with Crippen molar-refractivity contribution >= 4 is 0 Å². The number of alkyl halides is 3. The fourth-order valence-electron chi connectivity index (χ4n) is 1.94. The van der Waals surface area contributed by atoms with Gasteiger partial charge in [-0.15, -0.1) is 0 Å². The Balaban J connectivity index is 1.96. The van der Waals surface area contributed by atoms with Gasteiger partial charge in [0.05, 0.1) is 6.42 Å². The highest BCUT2D eigenvalue weighted by molar-refractivity contribution is 5.19. The van der Waals surface area contributed by atoms with Crippen LogP contribution in [0, 0.1) is 0 Å². The van der Waals surface area contributed by atoms with Crippen LogP contribution in [-0.4, -0.2) is 27.9 Å². The number of rotatable bonds is 6. The van der Waals surface area contributed by atoms with E-state index in [4.69, 9.17) is 0 Å². The fourth-order valence-corrected chi connectivity index (χ4v) is 1.94. The maximum Gasteiger partial charge on any atom is 0.390 e. The van der Waals surface area contributed by atoms with Crippen molar-refractivity contribution in [3.63, 3.8) is 0 Å². The molecular formula is C13H15F3N4. The monoisotopic (exact) mass is 284 g/mol. The molecule has 2 N–H and O–H groups in total. The number of aromatic nitrogens is 3. The lowest BCUT2D eigenvalue weighted by atomic mass is 10.0. The first kappa shape index (κ1) is 14.5. The zero-order chi connectivity index (χ0) is 14.4. The van der Waals surface area contributed by atoms with Gasteiger partial charge >= 0.3 is 6.18 Å². The highest BCUT2D eigenvalue weighted by Gasteiger charge is 2.32. The summed E-state index contributed by atoms with van der Waals surface area (Å²) >= 11 is 0. The number of nitrogens with one attached hydrogen (secondary N) is 2. The van der Waals surface area contributed by atoms with Crippen LogP contribution >= 0.6 is 0 Å². The summed E-state index contributed by atoms with van der Waals surface area (Å²) in [7, 11) is 0. The molecule has 0 amide bonds. The maximum atomic E-state index is 12.6. The summed E-state index contributed by atoms with van der Waals surface area (Å²) in [6.45, 7) is 0.394. The molecule has 0 saturated carbocycles. The zero-order valence-corrected chi connectivity index (χ0v) is 10.7. The molecule has 0 spiro atoms. The quantitative estimate of drug-likeness (QED) is 0.857. The predicted octanol–water partition coefficient (Wildman–Crippen LogP) is 2.63. The van der Waals surface area contributed by atoms with Gasteiger partial charge in [0.2, 0.25) is 0 Å². The first-order chi connectivity index (χ1) is 9.54. The van der Waals surface area contributed by atoms with Gasteiger partial charge in [-0.2, -0.15) is 18.3 Å². The number of hydrogen-bond donors (Lipinski definition) is 2. The van der Waals surface area contributed by atoms with Crippen LogP contribution in [0.25, 0.3) is 0 Å². The fraction of sp³-hybridized carbons (Fsp3) is 0.385. The van der Waals surface area contributed by atoms with E-state index in [1.54, 1.807) is 30.3 Å². The summed E-state index contributed by atoms with van der Waals surface area (Å²) in [4.78, 5) is 3.93. The zero-order valence-electron chi connectivity index (χ0n) is 10.7. The summed E-state index contributed by atoms with van der Waals surface area (Å²) in [5, 5.41) is 9.29. The molecule has 0 aliphatic heterocycles. The van der Waals surface area contributed by atoms with Gasteiger partial charge in [-0.3, -0.25) is 5.10 Å². The normalized spacial score (nSPS) is 13.3. The third-order valence-corrected chi connectivity index (χ3v) is 2.85. The minimum atomic E-state index is -4.21. The van der Waals surface area contributed by atoms with Crippen molar-refractivity contribution < 1.29 is 13.2 Å². The molecule has 1 aromatic heterocycles. The van der Waals surface area contributed by atoms with Gasteiger partial charge in [-0.1, -0.05) is 30.3 Å². The first-order valence-corrected chi connectivity index (χ1v) is 6.24. The van der Waals surface area contributed by atoms with Crippen molar-refractivity contribution in [3.05, 3.63) is 48.0 Å². The predicted molar refractivity (Wildman–Crippen MR) is 67.9 cm³/mol. The number of H-pyrrole nitrogens is 1. The Kier molecular flexibility index (Phi) is 4.73. The standard InChI is InChI=1S/C13H15F3N4/c14-13(15,16)8-11(10-4-2-1-3-5-10)17-7-6-12-18-9-19-20-12/h1-5,9,11,17H,6-8H2,(H,18,19,20). The van der Waals surface area contributed by atoms with Gasteiger partial charge in [0.15, 0.2) is 0 Å². The second-order valence-electron chi connectivity index (χ2n) is 4.42. The molecule has 0 aliphatic rings. The number of benzene rings is 1. The van der Waals surface area contributed by atoms with E-state index in [1.165, 1.54) is 6.33 Å². The third-order valence-electron chi connectivity index (χ3n) is 2.85. The molecule has 1 unspecified atom stereocenters. The second-order valence-corrected chi connectivity index (χ2v) is 4.42. The molecule has 20 heavy (non-hydrogen) atoms. The number of aromatic amines is 1. The smallest absolute Gasteiger partial charge is 0.309 e. The van der Waals surface area contributed by atoms with Crippen LogP contribution in [-0.2, 0) is 6.42 Å². The number of halogens is 3. The van der Waals surface area contributed by atoms with Crippen LogP contribution in [0.3, 0.4) is 0 Å². The summed E-state index contributed by atoms with van der Waals surface area (Å²) in [5.41, 5.74) is 0.627. The van der Waals surface area contributed by atoms with Gasteiger partial charge in [-0.25, -0.2) is 4.98 Å². The summed E-state index contributed by atoms with van der Waals surface area (Å²) < 4.78 is 37.9. The lowest BCUT2D eigenvalue weighted by Gasteiger charge is -2.20. The Hall–Kier alpha value is -1.89. The Labute approximate surface area is 114 Å². The average molecular weight is 284 g/mol. The van der Waals surface area contributed by atoms with Crippen molar-refractivity contribution in [2.24, 2.45) is 0 Å². The molecule has 1 heterocycles. The van der Waals surface area contributed by atoms with Crippen molar-refractivity contribution in [1.29, 1.82) is 0 Å². The molecule has 0 bridgehead atoms. The van der Waals surface area contributed by atoms with Crippen LogP contribution < -0.4 is 5.32 Å². The minimum absolute atomic E-state index is 0.394. The van der Waals surface area contributed by atoms with Crippen LogP contribution in [0.15, 0.2) is 36.7 Å². The van der Waals surface area contributed by atoms with E-state index in [1.807, 2.05) is 0 Å². The SMILES string of the molecule is FC(F)(F)CC(NCCc1ncn[nH]1)c1ccccc1. The van der Waals surface area contributed by atoms with E-state index in [0.717, 1.165) is 0 Å². The molecule has 0 fully saturated rings. The number of nitrogens with zero attached hydrogens (tertiary/aromatic N) is 2. The summed E-state index contributed by atoms with van der Waals surface area (Å²) in [6.07, 6.45) is -3.23. The van der Waals surface area contributed by atoms with E-state index in [0.29, 0.717) is 24.4 Å². The van der Waals surface area contributed by atoms with Crippen LogP contribution in [0.2, 0.25) is 0 Å². The topological polar surface area (TPSA) is 53.6 Å². The lowest BCUT2D eigenvalue weighted by molar-refractivity contribution is -0.140. The molecule has 0 aliphatic carbocycles. The van der Waals surface area contributed by atoms with Gasteiger partial charge in [0.1, 0.15) is 12.2 Å². The van der Waals surface area contributed by atoms with Crippen LogP contribution in [0.5, 0.6) is 0 Å². The summed E-state index contributed by atoms with van der Waals surface area (Å²) in [6, 6.07) is 7.88. The second kappa shape index (κ2) is 6.51. The van der Waals surface area contributed by atoms with Gasteiger partial charge in [-0.05, 0) is 5.56 Å². The molecule has 4 nitrogen and oxygen atoms in total. The van der Waals surface area contributed by atoms with E-state index in [9.17, 15) is 13.2 Å². The van der Waals surface area contributed by atoms with E-state index < -0.39 is 18.6 Å². The van der Waals surface area contributed by atoms with Gasteiger partial charge < -0.3 is 5.32 Å². The highest BCUT2D eigenvalue weighted by Crippen LogP contribution is 2.29. The molecule has 1 aromatic carbocycles. The Morgan fingerprint density at radius 3 is 2.55 bits per heavy atom. The van der Waals surface area contributed by atoms with E-state index >= 15 is 0 Å².